The van der Waals surface area contributed by atoms with Crippen LogP contribution in [0.5, 0.6) is 0 Å². The fraction of sp³-hybridized carbons (Fsp3) is 0.0213. The quantitative estimate of drug-likeness (QED) is 0.0908. The van der Waals surface area contributed by atoms with Crippen LogP contribution in [-0.2, 0) is 5.41 Å². The van der Waals surface area contributed by atoms with Crippen molar-refractivity contribution in [1.82, 2.24) is 0 Å². The first-order valence-electron chi connectivity index (χ1n) is 50.4. The lowest BCUT2D eigenvalue weighted by molar-refractivity contribution is 0.660. The lowest BCUT2D eigenvalue weighted by Crippen LogP contribution is -2.16. The molecule has 5 nitrogen and oxygen atoms in total. The minimum atomic E-state index is -0.0976. The lowest BCUT2D eigenvalue weighted by Gasteiger charge is -2.29. The van der Waals surface area contributed by atoms with E-state index in [1.54, 1.807) is 0 Å². The zero-order valence-electron chi connectivity index (χ0n) is 81.1. The summed E-state index contributed by atoms with van der Waals surface area (Å²) in [6, 6.07) is 199. The van der Waals surface area contributed by atoms with E-state index >= 15 is 0 Å². The minimum absolute atomic E-state index is 0.0976. The van der Waals surface area contributed by atoms with Crippen molar-refractivity contribution in [3.63, 3.8) is 0 Å². The first-order valence-corrected chi connectivity index (χ1v) is 51.2. The van der Waals surface area contributed by atoms with Crippen molar-refractivity contribution in [2.45, 2.75) is 19.3 Å². The van der Waals surface area contributed by atoms with E-state index in [9.17, 15) is 0 Å². The summed E-state index contributed by atoms with van der Waals surface area (Å²) in [7, 11) is 0. The summed E-state index contributed by atoms with van der Waals surface area (Å²) in [6.45, 7) is 4.72. The number of furan rings is 2. The number of thiophene rings is 1. The van der Waals surface area contributed by atoms with Gasteiger partial charge in [-0.3, -0.25) is 0 Å². The monoisotopic (exact) mass is 1900 g/mol. The molecule has 147 heavy (non-hydrogen) atoms. The average Bonchev–Trinajstić information content (AvgIpc) is 1.56. The molecule has 0 saturated heterocycles. The predicted octanol–water partition coefficient (Wildman–Crippen LogP) is 40.7. The van der Waals surface area contributed by atoms with Crippen LogP contribution in [0.25, 0.3) is 197 Å². The third kappa shape index (κ3) is 16.3. The van der Waals surface area contributed by atoms with Gasteiger partial charge in [-0.1, -0.05) is 451 Å². The van der Waals surface area contributed by atoms with Crippen LogP contribution in [0.15, 0.2) is 561 Å². The standard InChI is InChI=1S/C49H35NS.2C46H31NO/c1-49(2)44-21-10-8-16-38(44)39-28-27-35(31-45(39)49)50(34-25-23-33(24-26-34)32-13-4-3-5-14-32)46-30-29-37(36-15-6-7-17-40(36)46)42-19-12-20-43-41-18-9-11-22-47(41)51-48(42)43;1-4-15-32(16-5-1)34-29-35(33-17-6-2-7-18-33)31-37(30-34)47(36-19-8-3-9-20-36)44-28-27-39(38-21-10-11-22-40(38)44)42-24-14-25-43-41-23-12-13-26-45(41)48-46(42)43;1-3-12-32(13-4-1)34-22-26-36(27-23-34)47(37-28-24-35(25-29-37)33-14-5-2-6-15-33)44-31-30-39(38-16-7-8-17-40(38)44)42-19-11-20-43-41-18-9-10-21-45(41)48-46(42)43/h3-31H,1-2H3;2*1-31H. The Labute approximate surface area is 858 Å². The number of para-hydroxylation sites is 5. The normalized spacial score (nSPS) is 11.9. The summed E-state index contributed by atoms with van der Waals surface area (Å²) in [6.07, 6.45) is 0. The number of hydrogen-bond donors (Lipinski definition) is 0. The summed E-state index contributed by atoms with van der Waals surface area (Å²) in [4.78, 5) is 7.23. The Morgan fingerprint density at radius 2 is 0.463 bits per heavy atom. The molecular formula is C141H97N3O2S. The van der Waals surface area contributed by atoms with E-state index in [-0.39, 0.29) is 5.41 Å². The highest BCUT2D eigenvalue weighted by Gasteiger charge is 2.37. The van der Waals surface area contributed by atoms with Crippen LogP contribution in [0, 0.1) is 0 Å². The maximum atomic E-state index is 6.50. The van der Waals surface area contributed by atoms with E-state index in [0.29, 0.717) is 0 Å². The van der Waals surface area contributed by atoms with Gasteiger partial charge in [-0.15, -0.1) is 11.3 Å². The molecule has 0 amide bonds. The molecule has 694 valence electrons. The van der Waals surface area contributed by atoms with E-state index in [1.807, 2.05) is 35.6 Å². The Balaban J connectivity index is 0.000000112. The van der Waals surface area contributed by atoms with Crippen molar-refractivity contribution >= 4 is 159 Å². The minimum Gasteiger partial charge on any atom is -0.455 e. The fourth-order valence-electron chi connectivity index (χ4n) is 22.3. The van der Waals surface area contributed by atoms with Gasteiger partial charge in [-0.2, -0.15) is 0 Å². The third-order valence-electron chi connectivity index (χ3n) is 29.4. The Morgan fingerprint density at radius 1 is 0.170 bits per heavy atom. The highest BCUT2D eigenvalue weighted by atomic mass is 32.1. The van der Waals surface area contributed by atoms with Crippen LogP contribution in [0.2, 0.25) is 0 Å². The second-order valence-corrected chi connectivity index (χ2v) is 39.4. The first-order chi connectivity index (χ1) is 72.7. The number of benzene rings is 24. The van der Waals surface area contributed by atoms with Crippen molar-refractivity contribution < 1.29 is 8.83 Å². The summed E-state index contributed by atoms with van der Waals surface area (Å²) < 4.78 is 15.7. The van der Waals surface area contributed by atoms with Gasteiger partial charge >= 0.3 is 0 Å². The zero-order chi connectivity index (χ0) is 97.8. The van der Waals surface area contributed by atoms with Gasteiger partial charge < -0.3 is 23.5 Å². The third-order valence-corrected chi connectivity index (χ3v) is 30.7. The maximum Gasteiger partial charge on any atom is 0.143 e. The number of nitrogens with zero attached hydrogens (tertiary/aromatic N) is 3. The van der Waals surface area contributed by atoms with Gasteiger partial charge in [0.1, 0.15) is 22.3 Å². The smallest absolute Gasteiger partial charge is 0.143 e. The van der Waals surface area contributed by atoms with Crippen LogP contribution >= 0.6 is 11.3 Å². The van der Waals surface area contributed by atoms with E-state index in [4.69, 9.17) is 8.83 Å². The Hall–Kier alpha value is -18.7. The molecule has 0 unspecified atom stereocenters. The molecule has 27 aromatic rings. The van der Waals surface area contributed by atoms with Crippen LogP contribution in [0.4, 0.5) is 51.2 Å². The fourth-order valence-corrected chi connectivity index (χ4v) is 23.6. The van der Waals surface area contributed by atoms with Gasteiger partial charge in [0, 0.05) is 114 Å². The van der Waals surface area contributed by atoms with E-state index in [2.05, 4.69) is 556 Å². The zero-order valence-corrected chi connectivity index (χ0v) is 81.9. The van der Waals surface area contributed by atoms with Crippen LogP contribution in [-0.4, -0.2) is 0 Å². The molecule has 0 fully saturated rings. The van der Waals surface area contributed by atoms with Crippen LogP contribution in [0.1, 0.15) is 25.0 Å². The summed E-state index contributed by atoms with van der Waals surface area (Å²) in [5.41, 5.74) is 38.0. The van der Waals surface area contributed by atoms with Gasteiger partial charge in [0.15, 0.2) is 0 Å². The summed E-state index contributed by atoms with van der Waals surface area (Å²) in [5.74, 6) is 0. The number of rotatable bonds is 17. The molecule has 28 rings (SSSR count). The summed E-state index contributed by atoms with van der Waals surface area (Å²) >= 11 is 1.89. The second kappa shape index (κ2) is 37.9. The highest BCUT2D eigenvalue weighted by Crippen LogP contribution is 2.55. The van der Waals surface area contributed by atoms with E-state index in [0.717, 1.165) is 112 Å². The molecule has 3 heterocycles. The molecule has 24 aromatic carbocycles. The first kappa shape index (κ1) is 88.5. The molecule has 0 saturated carbocycles. The molecule has 6 heteroatoms. The predicted molar refractivity (Wildman–Crippen MR) is 624 cm³/mol. The topological polar surface area (TPSA) is 36.0 Å². The Kier molecular flexibility index (Phi) is 22.8. The lowest BCUT2D eigenvalue weighted by atomic mass is 9.82. The molecule has 0 bridgehead atoms. The van der Waals surface area contributed by atoms with Gasteiger partial charge in [-0.05, 0) is 226 Å². The highest BCUT2D eigenvalue weighted by molar-refractivity contribution is 7.26. The number of fused-ring (bicyclic) bond motifs is 15. The molecule has 0 aliphatic heterocycles. The van der Waals surface area contributed by atoms with Crippen molar-refractivity contribution in [1.29, 1.82) is 0 Å². The largest absolute Gasteiger partial charge is 0.455 e. The Morgan fingerprint density at radius 3 is 0.905 bits per heavy atom. The molecule has 0 atom stereocenters. The molecule has 1 aliphatic carbocycles. The molecule has 1 aliphatic rings. The summed E-state index contributed by atoms with van der Waals surface area (Å²) in [5, 5.41) is 14.3. The molecule has 0 N–H and O–H groups in total. The SMILES string of the molecule is CC1(C)c2ccccc2-c2ccc(N(c3ccc(-c4ccccc4)cc3)c3ccc(-c4cccc5c4sc4ccccc45)c4ccccc34)cc21.c1ccc(-c2cc(-c3ccccc3)cc(N(c3ccccc3)c3ccc(-c4cccc5c4oc4ccccc45)c4ccccc34)c2)cc1.c1ccc(-c2ccc(N(c3ccc(-c4ccccc4)cc3)c3ccc(-c4cccc5c4oc4ccccc45)c4ccccc34)cc2)cc1. The van der Waals surface area contributed by atoms with E-state index in [1.165, 1.54) is 147 Å². The molecule has 0 radical (unpaired) electrons. The van der Waals surface area contributed by atoms with Gasteiger partial charge in [0.2, 0.25) is 0 Å². The van der Waals surface area contributed by atoms with Gasteiger partial charge in [0.25, 0.3) is 0 Å². The van der Waals surface area contributed by atoms with Crippen LogP contribution in [0.3, 0.4) is 0 Å². The number of hydrogen-bond acceptors (Lipinski definition) is 6. The molecule has 0 spiro atoms. The van der Waals surface area contributed by atoms with Crippen molar-refractivity contribution in [2.24, 2.45) is 0 Å². The maximum absolute atomic E-state index is 6.50. The average molecular weight is 1900 g/mol. The molecular weight excluding hydrogens is 1800 g/mol. The van der Waals surface area contributed by atoms with Gasteiger partial charge in [-0.25, -0.2) is 0 Å². The van der Waals surface area contributed by atoms with Gasteiger partial charge in [0.05, 0.1) is 17.1 Å². The van der Waals surface area contributed by atoms with Crippen molar-refractivity contribution in [2.75, 3.05) is 14.7 Å². The van der Waals surface area contributed by atoms with E-state index < -0.39 is 0 Å². The second-order valence-electron chi connectivity index (χ2n) is 38.4. The number of anilines is 9. The van der Waals surface area contributed by atoms with Crippen molar-refractivity contribution in [3.8, 4) is 100 Å². The van der Waals surface area contributed by atoms with Crippen LogP contribution < -0.4 is 14.7 Å². The molecule has 3 aromatic heterocycles. The Bertz CT molecular complexity index is 9480. The van der Waals surface area contributed by atoms with Crippen molar-refractivity contribution in [3.05, 3.63) is 563 Å².